The smallest absolute Gasteiger partial charge is 0.174 e. The van der Waals surface area contributed by atoms with Crippen molar-refractivity contribution >= 4 is 96.4 Å². The molecule has 0 aliphatic heterocycles. The second kappa shape index (κ2) is 10.9. The predicted octanol–water partition coefficient (Wildman–Crippen LogP) is 13.4. The van der Waals surface area contributed by atoms with E-state index in [2.05, 4.69) is 156 Å². The molecule has 11 aromatic rings. The number of aromatic nitrogens is 3. The molecule has 0 bridgehead atoms. The topological polar surface area (TPSA) is 30.7 Å². The van der Waals surface area contributed by atoms with Crippen molar-refractivity contribution in [3.05, 3.63) is 152 Å². The van der Waals surface area contributed by atoms with Crippen LogP contribution in [0.5, 0.6) is 0 Å². The van der Waals surface area contributed by atoms with E-state index in [0.29, 0.717) is 0 Å². The summed E-state index contributed by atoms with van der Waals surface area (Å²) >= 11 is 5.16. The Morgan fingerprint density at radius 1 is 0.440 bits per heavy atom. The lowest BCUT2D eigenvalue weighted by Crippen LogP contribution is -1.94. The van der Waals surface area contributed by atoms with Gasteiger partial charge in [0.1, 0.15) is 5.01 Å². The lowest BCUT2D eigenvalue weighted by molar-refractivity contribution is 1.18. The monoisotopic (exact) mass is 691 g/mol. The minimum Gasteiger partial charge on any atom is -0.309 e. The van der Waals surface area contributed by atoms with Gasteiger partial charge in [0, 0.05) is 67.9 Å². The Hall–Kier alpha value is -5.66. The first-order chi connectivity index (χ1) is 24.8. The third kappa shape index (κ3) is 4.19. The minimum atomic E-state index is 0.783. The lowest BCUT2D eigenvalue weighted by atomic mass is 10.0. The number of hydrogen-bond donors (Lipinski definition) is 0. The molecule has 3 nitrogen and oxygen atoms in total. The summed E-state index contributed by atoms with van der Waals surface area (Å²) in [5.41, 5.74) is 8.15. The van der Waals surface area contributed by atoms with Gasteiger partial charge in [-0.3, -0.25) is 0 Å². The summed E-state index contributed by atoms with van der Waals surface area (Å²) in [5, 5.41) is 8.60. The molecule has 0 saturated heterocycles. The van der Waals surface area contributed by atoms with Gasteiger partial charge < -0.3 is 4.57 Å². The van der Waals surface area contributed by atoms with Crippen LogP contribution in [0, 0.1) is 0 Å². The van der Waals surface area contributed by atoms with Crippen molar-refractivity contribution in [3.63, 3.8) is 0 Å². The quantitative estimate of drug-likeness (QED) is 0.184. The van der Waals surface area contributed by atoms with Crippen molar-refractivity contribution in [2.75, 3.05) is 0 Å². The molecule has 0 aliphatic carbocycles. The summed E-state index contributed by atoms with van der Waals surface area (Å²) in [4.78, 5) is 5.11. The van der Waals surface area contributed by atoms with Gasteiger partial charge in [-0.05, 0) is 71.2 Å². The Kier molecular flexibility index (Phi) is 6.16. The molecule has 0 amide bonds. The zero-order valence-electron chi connectivity index (χ0n) is 26.5. The van der Waals surface area contributed by atoms with Crippen LogP contribution in [-0.4, -0.2) is 13.9 Å². The fraction of sp³-hybridized carbons (Fsp3) is 0. The first-order valence-corrected chi connectivity index (χ1v) is 19.0. The van der Waals surface area contributed by atoms with Crippen LogP contribution in [0.2, 0.25) is 0 Å². The highest BCUT2D eigenvalue weighted by atomic mass is 32.1. The summed E-state index contributed by atoms with van der Waals surface area (Å²) in [5.74, 6) is 0.783. The molecule has 4 heterocycles. The van der Waals surface area contributed by atoms with E-state index in [4.69, 9.17) is 9.36 Å². The molecule has 7 aromatic carbocycles. The van der Waals surface area contributed by atoms with Gasteiger partial charge in [0.2, 0.25) is 0 Å². The van der Waals surface area contributed by atoms with Crippen LogP contribution in [0.1, 0.15) is 0 Å². The highest BCUT2D eigenvalue weighted by molar-refractivity contribution is 7.26. The molecular formula is C44H25N3S3. The number of fused-ring (bicyclic) bond motifs is 9. The number of nitrogens with zero attached hydrogens (tertiary/aromatic N) is 3. The van der Waals surface area contributed by atoms with E-state index in [9.17, 15) is 0 Å². The van der Waals surface area contributed by atoms with Crippen molar-refractivity contribution < 1.29 is 0 Å². The summed E-state index contributed by atoms with van der Waals surface area (Å²) in [6.45, 7) is 0. The van der Waals surface area contributed by atoms with Crippen molar-refractivity contribution in [1.29, 1.82) is 0 Å². The van der Waals surface area contributed by atoms with Gasteiger partial charge in [0.05, 0.1) is 11.0 Å². The van der Waals surface area contributed by atoms with Gasteiger partial charge in [-0.2, -0.15) is 4.37 Å². The Bertz CT molecular complexity index is 3120. The van der Waals surface area contributed by atoms with Crippen molar-refractivity contribution in [1.82, 2.24) is 13.9 Å². The highest BCUT2D eigenvalue weighted by Crippen LogP contribution is 2.43. The van der Waals surface area contributed by atoms with Crippen LogP contribution in [0.15, 0.2) is 152 Å². The molecule has 0 saturated carbocycles. The molecule has 0 fully saturated rings. The van der Waals surface area contributed by atoms with E-state index in [1.807, 2.05) is 22.7 Å². The average Bonchev–Trinajstić information content (AvgIpc) is 3.96. The lowest BCUT2D eigenvalue weighted by Gasteiger charge is -2.10. The van der Waals surface area contributed by atoms with Crippen molar-refractivity contribution in [2.24, 2.45) is 0 Å². The van der Waals surface area contributed by atoms with Crippen LogP contribution < -0.4 is 0 Å². The van der Waals surface area contributed by atoms with Crippen LogP contribution in [0.4, 0.5) is 0 Å². The molecular weight excluding hydrogens is 667 g/mol. The van der Waals surface area contributed by atoms with Crippen molar-refractivity contribution in [3.8, 4) is 38.8 Å². The van der Waals surface area contributed by atoms with Crippen LogP contribution in [-0.2, 0) is 0 Å². The predicted molar refractivity (Wildman–Crippen MR) is 216 cm³/mol. The largest absolute Gasteiger partial charge is 0.309 e. The number of benzene rings is 7. The van der Waals surface area contributed by atoms with Crippen LogP contribution in [0.25, 0.3) is 101 Å². The Balaban J connectivity index is 1.03. The van der Waals surface area contributed by atoms with Gasteiger partial charge in [0.15, 0.2) is 5.82 Å². The van der Waals surface area contributed by atoms with E-state index >= 15 is 0 Å². The molecule has 0 spiro atoms. The molecule has 11 rings (SSSR count). The Labute approximate surface area is 299 Å². The van der Waals surface area contributed by atoms with Crippen LogP contribution >= 0.6 is 34.2 Å². The van der Waals surface area contributed by atoms with Crippen molar-refractivity contribution in [2.45, 2.75) is 0 Å². The molecule has 4 aromatic heterocycles. The SMILES string of the molecule is c1cc(-c2nc(-c3cccc4c3sc3ccccc34)ns2)cc(-n2c3ccccc3c3cc(-c4cccc5c4sc4ccccc45)ccc32)c1. The molecule has 234 valence electrons. The van der Waals surface area contributed by atoms with E-state index in [1.54, 1.807) is 0 Å². The minimum absolute atomic E-state index is 0.783. The maximum absolute atomic E-state index is 5.11. The first kappa shape index (κ1) is 28.2. The maximum Gasteiger partial charge on any atom is 0.174 e. The van der Waals surface area contributed by atoms with E-state index in [1.165, 1.54) is 84.8 Å². The zero-order valence-corrected chi connectivity index (χ0v) is 28.9. The van der Waals surface area contributed by atoms with E-state index in [0.717, 1.165) is 27.6 Å². The molecule has 0 unspecified atom stereocenters. The number of thiophene rings is 2. The Morgan fingerprint density at radius 2 is 1.06 bits per heavy atom. The fourth-order valence-electron chi connectivity index (χ4n) is 7.54. The van der Waals surface area contributed by atoms with Gasteiger partial charge >= 0.3 is 0 Å². The number of hydrogen-bond acceptors (Lipinski definition) is 5. The Morgan fingerprint density at radius 3 is 1.84 bits per heavy atom. The summed E-state index contributed by atoms with van der Waals surface area (Å²) in [6.07, 6.45) is 0. The zero-order chi connectivity index (χ0) is 32.8. The standard InChI is InChI=1S/C44H25N3S3/c1-4-19-37-30(12-1)36-25-26(29-15-8-16-33-31-13-2-5-20-39(31)48-41(29)33)22-23-38(36)47(37)28-11-7-10-27(24-28)44-45-43(46-50-44)35-18-9-17-34-32-14-3-6-21-40(32)49-42(34)35/h1-25H. The van der Waals surface area contributed by atoms with Gasteiger partial charge in [-0.15, -0.1) is 22.7 Å². The van der Waals surface area contributed by atoms with E-state index in [-0.39, 0.29) is 0 Å². The first-order valence-electron chi connectivity index (χ1n) is 16.6. The normalized spacial score (nSPS) is 12.0. The summed E-state index contributed by atoms with van der Waals surface area (Å²) in [7, 11) is 0. The highest BCUT2D eigenvalue weighted by Gasteiger charge is 2.18. The molecule has 6 heteroatoms. The second-order valence-electron chi connectivity index (χ2n) is 12.6. The molecule has 0 radical (unpaired) electrons. The molecule has 50 heavy (non-hydrogen) atoms. The van der Waals surface area contributed by atoms with Gasteiger partial charge in [-0.1, -0.05) is 103 Å². The van der Waals surface area contributed by atoms with Gasteiger partial charge in [0.25, 0.3) is 0 Å². The summed E-state index contributed by atoms with van der Waals surface area (Å²) in [6, 6.07) is 54.9. The fourth-order valence-corrected chi connectivity index (χ4v) is 10.7. The number of para-hydroxylation sites is 1. The second-order valence-corrected chi connectivity index (χ2v) is 15.5. The third-order valence-corrected chi connectivity index (χ3v) is 13.0. The van der Waals surface area contributed by atoms with Crippen LogP contribution in [0.3, 0.4) is 0 Å². The summed E-state index contributed by atoms with van der Waals surface area (Å²) < 4.78 is 12.5. The average molecular weight is 692 g/mol. The van der Waals surface area contributed by atoms with Gasteiger partial charge in [-0.25, -0.2) is 4.98 Å². The molecule has 0 atom stereocenters. The van der Waals surface area contributed by atoms with E-state index < -0.39 is 0 Å². The molecule has 0 N–H and O–H groups in total. The number of rotatable bonds is 4. The third-order valence-electron chi connectivity index (χ3n) is 9.81. The maximum atomic E-state index is 5.11. The molecule has 0 aliphatic rings.